The van der Waals surface area contributed by atoms with Crippen LogP contribution >= 0.6 is 0 Å². The van der Waals surface area contributed by atoms with Crippen molar-refractivity contribution in [2.24, 2.45) is 0 Å². The van der Waals surface area contributed by atoms with E-state index in [1.807, 2.05) is 44.2 Å². The van der Waals surface area contributed by atoms with Crippen molar-refractivity contribution in [1.82, 2.24) is 4.90 Å². The molecule has 1 aliphatic rings. The molecular formula is C23H27NO4. The molecule has 1 aliphatic heterocycles. The fourth-order valence-electron chi connectivity index (χ4n) is 3.22. The smallest absolute Gasteiger partial charge is 0.338 e. The number of nitrogens with zero attached hydrogens (tertiary/aromatic N) is 1. The number of rotatable bonds is 6. The lowest BCUT2D eigenvalue weighted by Crippen LogP contribution is -2.42. The molecule has 0 saturated carbocycles. The maximum atomic E-state index is 12.7. The first-order valence-corrected chi connectivity index (χ1v) is 9.71. The second-order valence-corrected chi connectivity index (χ2v) is 7.38. The van der Waals surface area contributed by atoms with Gasteiger partial charge in [-0.1, -0.05) is 36.4 Å². The molecule has 0 saturated heterocycles. The molecule has 2 aromatic rings. The topological polar surface area (TPSA) is 55.8 Å². The van der Waals surface area contributed by atoms with Crippen LogP contribution < -0.4 is 0 Å². The van der Waals surface area contributed by atoms with Gasteiger partial charge in [0.05, 0.1) is 18.3 Å². The molecule has 0 aromatic heterocycles. The predicted octanol–water partition coefficient (Wildman–Crippen LogP) is 3.74. The molecule has 0 aliphatic carbocycles. The van der Waals surface area contributed by atoms with Gasteiger partial charge < -0.3 is 14.4 Å². The van der Waals surface area contributed by atoms with Crippen LogP contribution in [0.2, 0.25) is 0 Å². The molecule has 5 heteroatoms. The third-order valence-corrected chi connectivity index (χ3v) is 4.85. The maximum Gasteiger partial charge on any atom is 0.338 e. The fourth-order valence-corrected chi connectivity index (χ4v) is 3.22. The van der Waals surface area contributed by atoms with E-state index in [-0.39, 0.29) is 12.0 Å². The average molecular weight is 381 g/mol. The minimum absolute atomic E-state index is 0.151. The van der Waals surface area contributed by atoms with E-state index in [0.717, 1.165) is 17.5 Å². The van der Waals surface area contributed by atoms with Gasteiger partial charge in [0.1, 0.15) is 0 Å². The molecule has 0 bridgehead atoms. The molecule has 28 heavy (non-hydrogen) atoms. The summed E-state index contributed by atoms with van der Waals surface area (Å²) >= 11 is 0. The second kappa shape index (κ2) is 9.02. The highest BCUT2D eigenvalue weighted by atomic mass is 16.5. The van der Waals surface area contributed by atoms with Crippen LogP contribution in [0.3, 0.4) is 0 Å². The van der Waals surface area contributed by atoms with Gasteiger partial charge in [0.15, 0.2) is 6.10 Å². The number of amides is 1. The number of benzene rings is 2. The largest absolute Gasteiger partial charge is 0.449 e. The van der Waals surface area contributed by atoms with Gasteiger partial charge in [-0.3, -0.25) is 4.79 Å². The molecule has 1 amide bonds. The van der Waals surface area contributed by atoms with Crippen LogP contribution in [0.4, 0.5) is 0 Å². The Morgan fingerprint density at radius 1 is 1.00 bits per heavy atom. The van der Waals surface area contributed by atoms with Gasteiger partial charge in [-0.25, -0.2) is 4.79 Å². The SMILES string of the molecule is CC(C)OCc1ccc(C(=O)O[C@H](C)C(=O)N2CCc3ccccc3C2)cc1. The van der Waals surface area contributed by atoms with Crippen molar-refractivity contribution >= 4 is 11.9 Å². The van der Waals surface area contributed by atoms with Crippen molar-refractivity contribution in [3.8, 4) is 0 Å². The summed E-state index contributed by atoms with van der Waals surface area (Å²) in [7, 11) is 0. The fraction of sp³-hybridized carbons (Fsp3) is 0.391. The average Bonchev–Trinajstić information content (AvgIpc) is 2.71. The molecule has 0 N–H and O–H groups in total. The number of ether oxygens (including phenoxy) is 2. The van der Waals surface area contributed by atoms with Crippen LogP contribution in [0.5, 0.6) is 0 Å². The van der Waals surface area contributed by atoms with Gasteiger partial charge in [-0.05, 0) is 56.0 Å². The van der Waals surface area contributed by atoms with Crippen LogP contribution in [0.25, 0.3) is 0 Å². The second-order valence-electron chi connectivity index (χ2n) is 7.38. The van der Waals surface area contributed by atoms with Gasteiger partial charge in [-0.2, -0.15) is 0 Å². The molecule has 0 radical (unpaired) electrons. The summed E-state index contributed by atoms with van der Waals surface area (Å²) in [6.07, 6.45) is 0.155. The van der Waals surface area contributed by atoms with Crippen LogP contribution in [-0.4, -0.2) is 35.5 Å². The van der Waals surface area contributed by atoms with E-state index in [1.54, 1.807) is 24.0 Å². The Bertz CT molecular complexity index is 829. The molecule has 148 valence electrons. The van der Waals surface area contributed by atoms with Gasteiger partial charge in [0.25, 0.3) is 5.91 Å². The van der Waals surface area contributed by atoms with Crippen LogP contribution in [-0.2, 0) is 33.8 Å². The summed E-state index contributed by atoms with van der Waals surface area (Å²) in [5.74, 6) is -0.653. The lowest BCUT2D eigenvalue weighted by Gasteiger charge is -2.30. The van der Waals surface area contributed by atoms with E-state index >= 15 is 0 Å². The molecule has 1 atom stereocenters. The van der Waals surface area contributed by atoms with Crippen LogP contribution in [0, 0.1) is 0 Å². The minimum atomic E-state index is -0.818. The lowest BCUT2D eigenvalue weighted by atomic mass is 9.99. The third-order valence-electron chi connectivity index (χ3n) is 4.85. The molecular weight excluding hydrogens is 354 g/mol. The predicted molar refractivity (Wildman–Crippen MR) is 107 cm³/mol. The van der Waals surface area contributed by atoms with E-state index in [2.05, 4.69) is 6.07 Å². The number of carbonyl (C=O) groups excluding carboxylic acids is 2. The van der Waals surface area contributed by atoms with E-state index in [1.165, 1.54) is 5.56 Å². The highest BCUT2D eigenvalue weighted by Crippen LogP contribution is 2.20. The molecule has 0 spiro atoms. The quantitative estimate of drug-likeness (QED) is 0.715. The Kier molecular flexibility index (Phi) is 6.47. The van der Waals surface area contributed by atoms with E-state index in [0.29, 0.717) is 25.3 Å². The zero-order chi connectivity index (χ0) is 20.1. The first kappa shape index (κ1) is 20.1. The van der Waals surface area contributed by atoms with E-state index in [4.69, 9.17) is 9.47 Å². The Morgan fingerprint density at radius 3 is 2.36 bits per heavy atom. The zero-order valence-electron chi connectivity index (χ0n) is 16.7. The Labute approximate surface area is 166 Å². The number of carbonyl (C=O) groups is 2. The van der Waals surface area contributed by atoms with E-state index < -0.39 is 12.1 Å². The van der Waals surface area contributed by atoms with E-state index in [9.17, 15) is 9.59 Å². The maximum absolute atomic E-state index is 12.7. The number of esters is 1. The molecule has 0 unspecified atom stereocenters. The zero-order valence-corrected chi connectivity index (χ0v) is 16.7. The summed E-state index contributed by atoms with van der Waals surface area (Å²) in [5, 5.41) is 0. The van der Waals surface area contributed by atoms with Gasteiger partial charge >= 0.3 is 5.97 Å². The summed E-state index contributed by atoms with van der Waals surface area (Å²) in [6.45, 7) is 7.28. The highest BCUT2D eigenvalue weighted by molar-refractivity contribution is 5.92. The molecule has 3 rings (SSSR count). The van der Waals surface area contributed by atoms with Gasteiger partial charge in [-0.15, -0.1) is 0 Å². The Balaban J connectivity index is 1.56. The van der Waals surface area contributed by atoms with Crippen molar-refractivity contribution in [1.29, 1.82) is 0 Å². The normalized spacial score (nSPS) is 14.5. The number of hydrogen-bond acceptors (Lipinski definition) is 4. The minimum Gasteiger partial charge on any atom is -0.449 e. The molecule has 0 fully saturated rings. The summed E-state index contributed by atoms with van der Waals surface area (Å²) < 4.78 is 11.0. The summed E-state index contributed by atoms with van der Waals surface area (Å²) in [5.41, 5.74) is 3.84. The van der Waals surface area contributed by atoms with Crippen molar-refractivity contribution in [3.63, 3.8) is 0 Å². The van der Waals surface area contributed by atoms with Crippen LogP contribution in [0.15, 0.2) is 48.5 Å². The highest BCUT2D eigenvalue weighted by Gasteiger charge is 2.27. The van der Waals surface area contributed by atoms with Crippen molar-refractivity contribution in [2.75, 3.05) is 6.54 Å². The summed E-state index contributed by atoms with van der Waals surface area (Å²) in [6, 6.07) is 15.2. The first-order valence-electron chi connectivity index (χ1n) is 9.71. The standard InChI is InChI=1S/C23H27NO4/c1-16(2)27-15-18-8-10-20(11-9-18)23(26)28-17(3)22(25)24-13-12-19-6-4-5-7-21(19)14-24/h4-11,16-17H,12-15H2,1-3H3/t17-/m1/s1. The Hall–Kier alpha value is -2.66. The lowest BCUT2D eigenvalue weighted by molar-refractivity contribution is -0.140. The number of fused-ring (bicyclic) bond motifs is 1. The van der Waals surface area contributed by atoms with Crippen molar-refractivity contribution < 1.29 is 19.1 Å². The molecule has 2 aromatic carbocycles. The molecule has 1 heterocycles. The first-order chi connectivity index (χ1) is 13.4. The van der Waals surface area contributed by atoms with Crippen LogP contribution in [0.1, 0.15) is 47.8 Å². The Morgan fingerprint density at radius 2 is 1.68 bits per heavy atom. The van der Waals surface area contributed by atoms with Crippen molar-refractivity contribution in [3.05, 3.63) is 70.8 Å². The third kappa shape index (κ3) is 4.98. The monoisotopic (exact) mass is 381 g/mol. The van der Waals surface area contributed by atoms with Gasteiger partial charge in [0, 0.05) is 13.1 Å². The number of hydrogen-bond donors (Lipinski definition) is 0. The summed E-state index contributed by atoms with van der Waals surface area (Å²) in [4.78, 5) is 26.9. The van der Waals surface area contributed by atoms with Gasteiger partial charge in [0.2, 0.25) is 0 Å². The molecule has 5 nitrogen and oxygen atoms in total. The van der Waals surface area contributed by atoms with Crippen molar-refractivity contribution in [2.45, 2.75) is 52.6 Å².